The molecule has 1 N–H and O–H groups in total. The number of hydrogen-bond donors (Lipinski definition) is 1. The van der Waals surface area contributed by atoms with Crippen molar-refractivity contribution in [3.05, 3.63) is 75.7 Å². The highest BCUT2D eigenvalue weighted by atomic mass is 32.1. The molecule has 1 aliphatic heterocycles. The van der Waals surface area contributed by atoms with E-state index in [1.165, 1.54) is 10.7 Å². The number of fused-ring (bicyclic) bond motifs is 1. The summed E-state index contributed by atoms with van der Waals surface area (Å²) in [7, 11) is 0. The van der Waals surface area contributed by atoms with Crippen molar-refractivity contribution in [1.82, 2.24) is 20.0 Å². The van der Waals surface area contributed by atoms with Crippen LogP contribution in [0.3, 0.4) is 0 Å². The summed E-state index contributed by atoms with van der Waals surface area (Å²) in [6.07, 6.45) is 0.629. The molecule has 172 valence electrons. The van der Waals surface area contributed by atoms with Gasteiger partial charge in [-0.05, 0) is 37.3 Å². The molecule has 8 nitrogen and oxygen atoms in total. The lowest BCUT2D eigenvalue weighted by molar-refractivity contribution is -0.133. The molecule has 0 radical (unpaired) electrons. The fourth-order valence-corrected chi connectivity index (χ4v) is 4.64. The quantitative estimate of drug-likeness (QED) is 0.515. The van der Waals surface area contributed by atoms with Crippen LogP contribution in [0.1, 0.15) is 45.3 Å². The van der Waals surface area contributed by atoms with Gasteiger partial charge in [-0.1, -0.05) is 36.4 Å². The summed E-state index contributed by atoms with van der Waals surface area (Å²) < 4.78 is 6.48. The van der Waals surface area contributed by atoms with Crippen molar-refractivity contribution in [2.24, 2.45) is 0 Å². The van der Waals surface area contributed by atoms with Gasteiger partial charge in [0.15, 0.2) is 5.69 Å². The minimum atomic E-state index is -1.17. The van der Waals surface area contributed by atoms with Gasteiger partial charge in [-0.3, -0.25) is 14.3 Å². The Hall–Kier alpha value is -3.46. The Morgan fingerprint density at radius 2 is 2.00 bits per heavy atom. The molecule has 0 bridgehead atoms. The van der Waals surface area contributed by atoms with Gasteiger partial charge in [-0.25, -0.2) is 4.79 Å². The number of rotatable bonds is 8. The summed E-state index contributed by atoms with van der Waals surface area (Å²) >= 11 is 1.61. The Labute approximate surface area is 196 Å². The van der Waals surface area contributed by atoms with E-state index in [-0.39, 0.29) is 36.4 Å². The zero-order valence-electron chi connectivity index (χ0n) is 18.6. The summed E-state index contributed by atoms with van der Waals surface area (Å²) in [5, 5.41) is 9.23. The van der Waals surface area contributed by atoms with Gasteiger partial charge in [0.1, 0.15) is 11.2 Å². The maximum Gasteiger partial charge on any atom is 0.358 e. The van der Waals surface area contributed by atoms with Crippen LogP contribution in [0.25, 0.3) is 0 Å². The second kappa shape index (κ2) is 9.58. The fourth-order valence-electron chi connectivity index (χ4n) is 3.94. The van der Waals surface area contributed by atoms with E-state index in [0.717, 1.165) is 10.4 Å². The smallest absolute Gasteiger partial charge is 0.358 e. The molecule has 2 amide bonds. The Bertz CT molecular complexity index is 1140. The van der Waals surface area contributed by atoms with Crippen molar-refractivity contribution in [1.29, 1.82) is 0 Å². The van der Waals surface area contributed by atoms with Crippen LogP contribution in [0.5, 0.6) is 0 Å². The number of hydrogen-bond acceptors (Lipinski definition) is 6. The number of nitrogens with one attached hydrogen (secondary N) is 1. The number of thiophene rings is 1. The fraction of sp³-hybridized carbons (Fsp3) is 0.333. The lowest BCUT2D eigenvalue weighted by Crippen LogP contribution is -2.64. The highest BCUT2D eigenvalue weighted by Crippen LogP contribution is 2.28. The number of aromatic nitrogens is 2. The lowest BCUT2D eigenvalue weighted by atomic mass is 9.94. The molecule has 0 saturated carbocycles. The molecule has 4 rings (SSSR count). The molecular weight excluding hydrogens is 440 g/mol. The summed E-state index contributed by atoms with van der Waals surface area (Å²) in [4.78, 5) is 41.8. The van der Waals surface area contributed by atoms with Crippen molar-refractivity contribution in [3.8, 4) is 0 Å². The third-order valence-corrected chi connectivity index (χ3v) is 6.67. The van der Waals surface area contributed by atoms with Crippen LogP contribution in [0.15, 0.2) is 53.9 Å². The predicted molar refractivity (Wildman–Crippen MR) is 124 cm³/mol. The summed E-state index contributed by atoms with van der Waals surface area (Å²) in [5.41, 5.74) is 0.129. The first-order chi connectivity index (χ1) is 15.9. The van der Waals surface area contributed by atoms with Gasteiger partial charge in [0.25, 0.3) is 5.91 Å². The second-order valence-corrected chi connectivity index (χ2v) is 9.05. The molecule has 0 spiro atoms. The standard InChI is InChI=1S/C24H26N4O4S/c1-3-32-22(30)19-14-20-21(29)27(12-11-18-10-7-13-33-18)24(2,16-28(20)26-19)23(31)25-15-17-8-5-4-6-9-17/h4-10,13-14H,3,11-12,15-16H2,1-2H3,(H,25,31). The summed E-state index contributed by atoms with van der Waals surface area (Å²) in [6, 6.07) is 15.0. The molecule has 1 atom stereocenters. The molecule has 0 fully saturated rings. The zero-order valence-corrected chi connectivity index (χ0v) is 19.4. The average molecular weight is 467 g/mol. The van der Waals surface area contributed by atoms with Crippen molar-refractivity contribution in [2.45, 2.75) is 38.9 Å². The molecule has 1 unspecified atom stereocenters. The molecule has 1 aliphatic rings. The topological polar surface area (TPSA) is 93.5 Å². The second-order valence-electron chi connectivity index (χ2n) is 8.02. The van der Waals surface area contributed by atoms with Crippen molar-refractivity contribution in [3.63, 3.8) is 0 Å². The minimum absolute atomic E-state index is 0.0624. The monoisotopic (exact) mass is 466 g/mol. The normalized spacial score (nSPS) is 17.5. The van der Waals surface area contributed by atoms with Crippen LogP contribution < -0.4 is 5.32 Å². The van der Waals surface area contributed by atoms with Crippen LogP contribution in [0.2, 0.25) is 0 Å². The number of benzene rings is 1. The zero-order chi connectivity index (χ0) is 23.4. The van der Waals surface area contributed by atoms with Crippen molar-refractivity contribution < 1.29 is 19.1 Å². The number of carbonyl (C=O) groups is 3. The van der Waals surface area contributed by atoms with Crippen LogP contribution in [0, 0.1) is 0 Å². The number of carbonyl (C=O) groups excluding carboxylic acids is 3. The van der Waals surface area contributed by atoms with E-state index in [9.17, 15) is 14.4 Å². The van der Waals surface area contributed by atoms with E-state index >= 15 is 0 Å². The number of amides is 2. The molecule has 3 heterocycles. The molecule has 2 aromatic heterocycles. The minimum Gasteiger partial charge on any atom is -0.461 e. The van der Waals surface area contributed by atoms with E-state index in [1.54, 1.807) is 30.1 Å². The maximum absolute atomic E-state index is 13.5. The Balaban J connectivity index is 1.62. The van der Waals surface area contributed by atoms with Crippen molar-refractivity contribution >= 4 is 29.1 Å². The Morgan fingerprint density at radius 3 is 2.70 bits per heavy atom. The van der Waals surface area contributed by atoms with Crippen LogP contribution in [0.4, 0.5) is 0 Å². The average Bonchev–Trinajstić information content (AvgIpc) is 3.48. The highest BCUT2D eigenvalue weighted by molar-refractivity contribution is 7.09. The van der Waals surface area contributed by atoms with Gasteiger partial charge in [-0.2, -0.15) is 5.10 Å². The van der Waals surface area contributed by atoms with Crippen LogP contribution >= 0.6 is 11.3 Å². The maximum atomic E-state index is 13.5. The molecule has 1 aromatic carbocycles. The lowest BCUT2D eigenvalue weighted by Gasteiger charge is -2.43. The van der Waals surface area contributed by atoms with E-state index in [2.05, 4.69) is 10.4 Å². The largest absolute Gasteiger partial charge is 0.461 e. The Morgan fingerprint density at radius 1 is 1.21 bits per heavy atom. The molecule has 0 aliphatic carbocycles. The van der Waals surface area contributed by atoms with Crippen LogP contribution in [-0.4, -0.2) is 51.2 Å². The van der Waals surface area contributed by atoms with E-state index in [0.29, 0.717) is 19.5 Å². The molecule has 3 aromatic rings. The van der Waals surface area contributed by atoms with E-state index in [4.69, 9.17) is 4.74 Å². The molecule has 33 heavy (non-hydrogen) atoms. The SMILES string of the molecule is CCOC(=O)c1cc2n(n1)CC(C)(C(=O)NCc1ccccc1)N(CCc1cccs1)C2=O. The first-order valence-corrected chi connectivity index (χ1v) is 11.7. The molecular formula is C24H26N4O4S. The van der Waals surface area contributed by atoms with E-state index < -0.39 is 11.5 Å². The van der Waals surface area contributed by atoms with Crippen LogP contribution in [-0.2, 0) is 29.0 Å². The Kier molecular flexibility index (Phi) is 6.60. The van der Waals surface area contributed by atoms with Gasteiger partial charge in [0.05, 0.1) is 13.2 Å². The van der Waals surface area contributed by atoms with Gasteiger partial charge in [0.2, 0.25) is 5.91 Å². The van der Waals surface area contributed by atoms with Gasteiger partial charge >= 0.3 is 5.97 Å². The third-order valence-electron chi connectivity index (χ3n) is 5.73. The van der Waals surface area contributed by atoms with Gasteiger partial charge in [0, 0.05) is 24.0 Å². The first kappa shape index (κ1) is 22.7. The third kappa shape index (κ3) is 4.68. The van der Waals surface area contributed by atoms with Gasteiger partial charge < -0.3 is 15.0 Å². The number of nitrogens with zero attached hydrogens (tertiary/aromatic N) is 3. The van der Waals surface area contributed by atoms with Gasteiger partial charge in [-0.15, -0.1) is 11.3 Å². The first-order valence-electron chi connectivity index (χ1n) is 10.8. The predicted octanol–water partition coefficient (Wildman–Crippen LogP) is 2.89. The van der Waals surface area contributed by atoms with E-state index in [1.807, 2.05) is 47.8 Å². The summed E-state index contributed by atoms with van der Waals surface area (Å²) in [6.45, 7) is 4.52. The highest BCUT2D eigenvalue weighted by Gasteiger charge is 2.48. The van der Waals surface area contributed by atoms with Crippen molar-refractivity contribution in [2.75, 3.05) is 13.2 Å². The number of esters is 1. The molecule has 0 saturated heterocycles. The molecule has 9 heteroatoms. The number of ether oxygens (including phenoxy) is 1. The summed E-state index contributed by atoms with van der Waals surface area (Å²) in [5.74, 6) is -1.20.